The van der Waals surface area contributed by atoms with Gasteiger partial charge in [-0.05, 0) is 56.2 Å². The Bertz CT molecular complexity index is 882. The smallest absolute Gasteiger partial charge is 0.251 e. The van der Waals surface area contributed by atoms with Crippen molar-refractivity contribution in [1.82, 2.24) is 20.9 Å². The van der Waals surface area contributed by atoms with Crippen molar-refractivity contribution in [3.05, 3.63) is 24.4 Å². The molecule has 0 aromatic carbocycles. The number of Topliss-reactive ketones (excluding diaryl/α,β-unsaturated/α-hetero) is 1. The fourth-order valence-electron chi connectivity index (χ4n) is 2.99. The third-order valence-electron chi connectivity index (χ3n) is 5.24. The SMILES string of the molecule is CNC(CCCCNC(=O)[C@@H](O)[C@H](O)[C@H](O)[C@@H](O)C(C)=O)C(=O)N[C@@H](CSSc1ccccn1)C(N)=O. The topological polar surface area (TPSA) is 224 Å². The molecule has 3 amide bonds. The van der Waals surface area contributed by atoms with Crippen LogP contribution in [0, 0.1) is 0 Å². The van der Waals surface area contributed by atoms with Gasteiger partial charge in [0.25, 0.3) is 5.91 Å². The van der Waals surface area contributed by atoms with Crippen LogP contribution in [0.15, 0.2) is 29.4 Å². The molecule has 0 saturated carbocycles. The van der Waals surface area contributed by atoms with Gasteiger partial charge in [-0.3, -0.25) is 19.2 Å². The largest absolute Gasteiger partial charge is 0.387 e. The summed E-state index contributed by atoms with van der Waals surface area (Å²) in [4.78, 5) is 51.6. The van der Waals surface area contributed by atoms with Crippen LogP contribution >= 0.6 is 21.6 Å². The second-order valence-corrected chi connectivity index (χ2v) is 10.5. The van der Waals surface area contributed by atoms with Crippen molar-refractivity contribution in [2.24, 2.45) is 5.73 Å². The first-order chi connectivity index (χ1) is 17.5. The van der Waals surface area contributed by atoms with Gasteiger partial charge in [0, 0.05) is 18.5 Å². The number of amides is 3. The summed E-state index contributed by atoms with van der Waals surface area (Å²) in [5, 5.41) is 47.4. The fraction of sp³-hybridized carbons (Fsp3) is 0.591. The molecule has 1 aromatic rings. The van der Waals surface area contributed by atoms with Gasteiger partial charge in [0.05, 0.1) is 6.04 Å². The molecule has 13 nitrogen and oxygen atoms in total. The van der Waals surface area contributed by atoms with Gasteiger partial charge in [0.1, 0.15) is 29.4 Å². The molecule has 6 atom stereocenters. The highest BCUT2D eigenvalue weighted by molar-refractivity contribution is 8.76. The molecule has 1 unspecified atom stereocenters. The van der Waals surface area contributed by atoms with E-state index in [4.69, 9.17) is 5.73 Å². The van der Waals surface area contributed by atoms with Crippen LogP contribution in [-0.2, 0) is 19.2 Å². The minimum Gasteiger partial charge on any atom is -0.387 e. The van der Waals surface area contributed by atoms with E-state index in [9.17, 15) is 39.6 Å². The first kappa shape index (κ1) is 32.8. The van der Waals surface area contributed by atoms with Crippen LogP contribution in [0.3, 0.4) is 0 Å². The molecule has 0 spiro atoms. The molecule has 15 heteroatoms. The van der Waals surface area contributed by atoms with Gasteiger partial charge in [0.15, 0.2) is 11.9 Å². The minimum absolute atomic E-state index is 0.0946. The van der Waals surface area contributed by atoms with Crippen molar-refractivity contribution in [2.75, 3.05) is 19.3 Å². The maximum atomic E-state index is 12.6. The zero-order valence-corrected chi connectivity index (χ0v) is 22.2. The lowest BCUT2D eigenvalue weighted by Crippen LogP contribution is -2.52. The number of pyridine rings is 1. The highest BCUT2D eigenvalue weighted by Gasteiger charge is 2.36. The molecule has 0 saturated heterocycles. The Labute approximate surface area is 222 Å². The van der Waals surface area contributed by atoms with Crippen molar-refractivity contribution in [3.8, 4) is 0 Å². The summed E-state index contributed by atoms with van der Waals surface area (Å²) >= 11 is 0. The number of aliphatic hydroxyl groups excluding tert-OH is 4. The number of ketones is 1. The molecular formula is C22H35N5O8S2. The zero-order chi connectivity index (χ0) is 28.0. The maximum absolute atomic E-state index is 12.6. The molecule has 9 N–H and O–H groups in total. The normalized spacial score (nSPS) is 16.1. The van der Waals surface area contributed by atoms with Crippen molar-refractivity contribution in [3.63, 3.8) is 0 Å². The van der Waals surface area contributed by atoms with Gasteiger partial charge in [0.2, 0.25) is 11.8 Å². The van der Waals surface area contributed by atoms with Crippen LogP contribution in [-0.4, -0.2) is 105 Å². The first-order valence-corrected chi connectivity index (χ1v) is 13.8. The molecule has 1 heterocycles. The van der Waals surface area contributed by atoms with E-state index < -0.39 is 60.0 Å². The van der Waals surface area contributed by atoms with E-state index >= 15 is 0 Å². The van der Waals surface area contributed by atoms with Gasteiger partial charge >= 0.3 is 0 Å². The van der Waals surface area contributed by atoms with Gasteiger partial charge in [-0.2, -0.15) is 0 Å². The number of primary amides is 1. The zero-order valence-electron chi connectivity index (χ0n) is 20.6. The van der Waals surface area contributed by atoms with Crippen LogP contribution < -0.4 is 21.7 Å². The van der Waals surface area contributed by atoms with E-state index in [1.54, 1.807) is 19.3 Å². The van der Waals surface area contributed by atoms with E-state index in [1.807, 2.05) is 12.1 Å². The van der Waals surface area contributed by atoms with Crippen LogP contribution in [0.25, 0.3) is 0 Å². The summed E-state index contributed by atoms with van der Waals surface area (Å²) in [5.74, 6) is -2.64. The van der Waals surface area contributed by atoms with E-state index in [2.05, 4.69) is 20.9 Å². The number of carbonyl (C=O) groups is 4. The van der Waals surface area contributed by atoms with E-state index in [1.165, 1.54) is 21.6 Å². The predicted octanol–water partition coefficient (Wildman–Crippen LogP) is -2.30. The van der Waals surface area contributed by atoms with Crippen molar-refractivity contribution in [1.29, 1.82) is 0 Å². The van der Waals surface area contributed by atoms with Gasteiger partial charge in [-0.25, -0.2) is 4.98 Å². The number of nitrogens with zero attached hydrogens (tertiary/aromatic N) is 1. The van der Waals surface area contributed by atoms with Crippen LogP contribution in [0.2, 0.25) is 0 Å². The van der Waals surface area contributed by atoms with Gasteiger partial charge < -0.3 is 42.1 Å². The van der Waals surface area contributed by atoms with Crippen LogP contribution in [0.5, 0.6) is 0 Å². The molecule has 1 rings (SSSR count). The lowest BCUT2D eigenvalue weighted by molar-refractivity contribution is -0.153. The second-order valence-electron chi connectivity index (χ2n) is 8.11. The number of likely N-dealkylation sites (N-methyl/N-ethyl adjacent to an activating group) is 1. The standard InChI is InChI=1S/C22H35N5O8S2/c1-12(28)16(29)17(30)18(31)19(32)22(35)26-10-5-3-7-13(24-2)21(34)27-14(20(23)33)11-36-37-15-8-4-6-9-25-15/h4,6,8-9,13-14,16-19,24,29-32H,3,5,7,10-11H2,1-2H3,(H2,23,33)(H,26,35)(H,27,34)/t13?,14-,16-,17+,18+,19-/m0/s1. The summed E-state index contributed by atoms with van der Waals surface area (Å²) in [7, 11) is 4.28. The molecule has 0 bridgehead atoms. The van der Waals surface area contributed by atoms with E-state index in [0.717, 1.165) is 11.9 Å². The minimum atomic E-state index is -2.06. The number of aromatic nitrogens is 1. The molecule has 0 aliphatic rings. The molecule has 0 aliphatic heterocycles. The van der Waals surface area contributed by atoms with Crippen molar-refractivity contribution < 1.29 is 39.6 Å². The average molecular weight is 562 g/mol. The number of unbranched alkanes of at least 4 members (excludes halogenated alkanes) is 1. The van der Waals surface area contributed by atoms with Crippen molar-refractivity contribution >= 4 is 45.1 Å². The Morgan fingerprint density at radius 3 is 2.24 bits per heavy atom. The Kier molecular flexibility index (Phi) is 15.3. The van der Waals surface area contributed by atoms with Crippen molar-refractivity contribution in [2.45, 2.75) is 67.7 Å². The third kappa shape index (κ3) is 11.8. The molecule has 37 heavy (non-hydrogen) atoms. The quantitative estimate of drug-likeness (QED) is 0.0700. The number of aliphatic hydroxyl groups is 4. The number of hydrogen-bond acceptors (Lipinski definition) is 12. The lowest BCUT2D eigenvalue weighted by atomic mass is 10.0. The Hall–Kier alpha value is -2.27. The Balaban J connectivity index is 2.41. The summed E-state index contributed by atoms with van der Waals surface area (Å²) in [6, 6.07) is 3.94. The number of carbonyl (C=O) groups excluding carboxylic acids is 4. The maximum Gasteiger partial charge on any atom is 0.251 e. The Morgan fingerprint density at radius 1 is 1.00 bits per heavy atom. The average Bonchev–Trinajstić information content (AvgIpc) is 2.88. The molecule has 0 radical (unpaired) electrons. The second kappa shape index (κ2) is 17.3. The highest BCUT2D eigenvalue weighted by Crippen LogP contribution is 2.29. The lowest BCUT2D eigenvalue weighted by Gasteiger charge is -2.24. The molecule has 208 valence electrons. The van der Waals surface area contributed by atoms with Crippen LogP contribution in [0.4, 0.5) is 0 Å². The summed E-state index contributed by atoms with van der Waals surface area (Å²) in [6.45, 7) is 1.08. The molecule has 1 aromatic heterocycles. The highest BCUT2D eigenvalue weighted by atomic mass is 33.1. The van der Waals surface area contributed by atoms with E-state index in [0.29, 0.717) is 19.3 Å². The molecular weight excluding hydrogens is 526 g/mol. The van der Waals surface area contributed by atoms with E-state index in [-0.39, 0.29) is 12.3 Å². The number of nitrogens with two attached hydrogens (primary N) is 1. The number of hydrogen-bond donors (Lipinski definition) is 8. The summed E-state index contributed by atoms with van der Waals surface area (Å²) in [5.41, 5.74) is 5.43. The summed E-state index contributed by atoms with van der Waals surface area (Å²) < 4.78 is 0. The molecule has 0 fully saturated rings. The number of nitrogens with one attached hydrogen (secondary N) is 3. The monoisotopic (exact) mass is 561 g/mol. The fourth-order valence-corrected chi connectivity index (χ4v) is 5.07. The van der Waals surface area contributed by atoms with Crippen LogP contribution in [0.1, 0.15) is 26.2 Å². The number of rotatable bonds is 18. The van der Waals surface area contributed by atoms with Gasteiger partial charge in [-0.15, -0.1) is 0 Å². The third-order valence-corrected chi connectivity index (χ3v) is 7.52. The molecule has 0 aliphatic carbocycles. The first-order valence-electron chi connectivity index (χ1n) is 11.5. The summed E-state index contributed by atoms with van der Waals surface area (Å²) in [6.07, 6.45) is -5.16. The van der Waals surface area contributed by atoms with Gasteiger partial charge in [-0.1, -0.05) is 16.9 Å². The Morgan fingerprint density at radius 2 is 1.68 bits per heavy atom. The predicted molar refractivity (Wildman–Crippen MR) is 138 cm³/mol.